The van der Waals surface area contributed by atoms with Crippen LogP contribution in [0.15, 0.2) is 16.6 Å². The average molecular weight is 332 g/mol. The quantitative estimate of drug-likeness (QED) is 0.806. The molecule has 0 spiro atoms. The first-order valence-electron chi connectivity index (χ1n) is 6.40. The lowest BCUT2D eigenvalue weighted by Gasteiger charge is -2.21. The van der Waals surface area contributed by atoms with E-state index in [2.05, 4.69) is 22.9 Å². The van der Waals surface area contributed by atoms with Crippen LogP contribution in [0.25, 0.3) is 0 Å². The number of hydrogen-bond donors (Lipinski definition) is 2. The molecule has 0 aliphatic heterocycles. The Labute approximate surface area is 123 Å². The van der Waals surface area contributed by atoms with Crippen LogP contribution in [0, 0.1) is 0 Å². The van der Waals surface area contributed by atoms with E-state index in [9.17, 15) is 5.11 Å². The molecule has 0 bridgehead atoms. The summed E-state index contributed by atoms with van der Waals surface area (Å²) < 4.78 is 11.3. The molecular weight excluding hydrogens is 310 g/mol. The van der Waals surface area contributed by atoms with Crippen LogP contribution in [0.4, 0.5) is 0 Å². The highest BCUT2D eigenvalue weighted by Crippen LogP contribution is 2.37. The topological polar surface area (TPSA) is 64.7 Å². The largest absolute Gasteiger partial charge is 0.495 e. The first-order valence-corrected chi connectivity index (χ1v) is 7.19. The minimum atomic E-state index is -0.560. The molecule has 5 heteroatoms. The Hall–Kier alpha value is -0.780. The predicted molar refractivity (Wildman–Crippen MR) is 79.7 cm³/mol. The molecule has 0 saturated carbocycles. The number of aliphatic hydroxyl groups is 1. The predicted octanol–water partition coefficient (Wildman–Crippen LogP) is 3.02. The average Bonchev–Trinajstić information content (AvgIpc) is 2.44. The molecule has 1 aromatic rings. The van der Waals surface area contributed by atoms with Crippen molar-refractivity contribution in [2.75, 3.05) is 14.2 Å². The van der Waals surface area contributed by atoms with Gasteiger partial charge in [-0.05, 0) is 40.0 Å². The first-order chi connectivity index (χ1) is 9.04. The summed E-state index contributed by atoms with van der Waals surface area (Å²) >= 11 is 3.41. The van der Waals surface area contributed by atoms with Gasteiger partial charge in [-0.15, -0.1) is 0 Å². The van der Waals surface area contributed by atoms with E-state index in [1.54, 1.807) is 14.2 Å². The Morgan fingerprint density at radius 3 is 2.21 bits per heavy atom. The molecule has 0 saturated heterocycles. The van der Waals surface area contributed by atoms with E-state index in [-0.39, 0.29) is 0 Å². The van der Waals surface area contributed by atoms with Crippen LogP contribution >= 0.6 is 15.9 Å². The number of rotatable bonds is 7. The zero-order valence-electron chi connectivity index (χ0n) is 11.6. The van der Waals surface area contributed by atoms with Crippen LogP contribution in [0.2, 0.25) is 0 Å². The highest BCUT2D eigenvalue weighted by molar-refractivity contribution is 9.10. The lowest BCUT2D eigenvalue weighted by atomic mass is 9.98. The maximum absolute atomic E-state index is 10.1. The molecule has 19 heavy (non-hydrogen) atoms. The van der Waals surface area contributed by atoms with Gasteiger partial charge >= 0.3 is 0 Å². The van der Waals surface area contributed by atoms with Gasteiger partial charge in [-0.1, -0.05) is 19.8 Å². The lowest BCUT2D eigenvalue weighted by Crippen LogP contribution is -2.26. The molecule has 0 aliphatic rings. The van der Waals surface area contributed by atoms with Crippen LogP contribution in [0.1, 0.15) is 37.8 Å². The van der Waals surface area contributed by atoms with Gasteiger partial charge in [-0.25, -0.2) is 0 Å². The van der Waals surface area contributed by atoms with Gasteiger partial charge < -0.3 is 20.3 Å². The molecule has 0 aromatic heterocycles. The lowest BCUT2D eigenvalue weighted by molar-refractivity contribution is 0.132. The van der Waals surface area contributed by atoms with Crippen molar-refractivity contribution >= 4 is 15.9 Å². The van der Waals surface area contributed by atoms with E-state index in [0.29, 0.717) is 17.9 Å². The smallest absolute Gasteiger partial charge is 0.137 e. The summed E-state index contributed by atoms with van der Waals surface area (Å²) in [5, 5.41) is 10.1. The van der Waals surface area contributed by atoms with Crippen molar-refractivity contribution in [3.63, 3.8) is 0 Å². The number of halogens is 1. The second-order valence-corrected chi connectivity index (χ2v) is 5.27. The van der Waals surface area contributed by atoms with Gasteiger partial charge in [0.25, 0.3) is 0 Å². The summed E-state index contributed by atoms with van der Waals surface area (Å²) in [7, 11) is 3.17. The van der Waals surface area contributed by atoms with E-state index in [4.69, 9.17) is 15.2 Å². The highest BCUT2D eigenvalue weighted by atomic mass is 79.9. The normalized spacial score (nSPS) is 14.0. The zero-order valence-corrected chi connectivity index (χ0v) is 13.2. The van der Waals surface area contributed by atoms with Gasteiger partial charge in [-0.2, -0.15) is 0 Å². The van der Waals surface area contributed by atoms with Gasteiger partial charge in [0.1, 0.15) is 16.0 Å². The van der Waals surface area contributed by atoms with E-state index < -0.39 is 12.1 Å². The Morgan fingerprint density at radius 1 is 1.26 bits per heavy atom. The Kier molecular flexibility index (Phi) is 6.62. The van der Waals surface area contributed by atoms with Crippen molar-refractivity contribution in [3.05, 3.63) is 22.2 Å². The number of ether oxygens (including phenoxy) is 2. The summed E-state index contributed by atoms with van der Waals surface area (Å²) in [5.41, 5.74) is 6.91. The van der Waals surface area contributed by atoms with E-state index in [0.717, 1.165) is 22.9 Å². The minimum Gasteiger partial charge on any atom is -0.495 e. The van der Waals surface area contributed by atoms with Crippen molar-refractivity contribution in [1.82, 2.24) is 0 Å². The SMILES string of the molecule is CCCC[C@@H](O)[C@@H](N)c1cc(OC)c(Br)c(OC)c1. The standard InChI is InChI=1S/C14H22BrNO3/c1-4-5-6-10(17)14(16)9-7-11(18-2)13(15)12(8-9)19-3/h7-8,10,14,17H,4-6,16H2,1-3H3/t10-,14+/m1/s1. The third kappa shape index (κ3) is 4.09. The molecule has 0 heterocycles. The second-order valence-electron chi connectivity index (χ2n) is 4.47. The number of methoxy groups -OCH3 is 2. The number of nitrogens with two attached hydrogens (primary N) is 1. The summed E-state index contributed by atoms with van der Waals surface area (Å²) in [6.45, 7) is 2.09. The van der Waals surface area contributed by atoms with Gasteiger partial charge in [0.2, 0.25) is 0 Å². The number of unbranched alkanes of at least 4 members (excludes halogenated alkanes) is 1. The summed E-state index contributed by atoms with van der Waals surface area (Å²) in [6, 6.07) is 3.21. The Balaban J connectivity index is 2.99. The number of aliphatic hydroxyl groups excluding tert-OH is 1. The van der Waals surface area contributed by atoms with E-state index >= 15 is 0 Å². The molecule has 1 rings (SSSR count). The molecule has 4 nitrogen and oxygen atoms in total. The number of benzene rings is 1. The summed E-state index contributed by atoms with van der Waals surface area (Å²) in [4.78, 5) is 0. The van der Waals surface area contributed by atoms with Gasteiger partial charge in [0, 0.05) is 0 Å². The molecule has 0 aliphatic carbocycles. The van der Waals surface area contributed by atoms with Crippen molar-refractivity contribution in [3.8, 4) is 11.5 Å². The van der Waals surface area contributed by atoms with Crippen molar-refractivity contribution in [2.24, 2.45) is 5.73 Å². The van der Waals surface area contributed by atoms with Crippen LogP contribution < -0.4 is 15.2 Å². The first kappa shape index (κ1) is 16.3. The third-order valence-corrected chi connectivity index (χ3v) is 3.90. The van der Waals surface area contributed by atoms with Crippen molar-refractivity contribution in [1.29, 1.82) is 0 Å². The van der Waals surface area contributed by atoms with Crippen LogP contribution in [-0.4, -0.2) is 25.4 Å². The van der Waals surface area contributed by atoms with Crippen molar-refractivity contribution in [2.45, 2.75) is 38.3 Å². The van der Waals surface area contributed by atoms with Crippen LogP contribution in [0.3, 0.4) is 0 Å². The maximum atomic E-state index is 10.1. The Bertz CT molecular complexity index is 387. The summed E-state index contributed by atoms with van der Waals surface area (Å²) in [5.74, 6) is 1.29. The fraction of sp³-hybridized carbons (Fsp3) is 0.571. The van der Waals surface area contributed by atoms with Gasteiger partial charge in [0.05, 0.1) is 26.4 Å². The monoisotopic (exact) mass is 331 g/mol. The maximum Gasteiger partial charge on any atom is 0.137 e. The molecule has 1 aromatic carbocycles. The van der Waals surface area contributed by atoms with Gasteiger partial charge in [-0.3, -0.25) is 0 Å². The minimum absolute atomic E-state index is 0.442. The molecular formula is C14H22BrNO3. The van der Waals surface area contributed by atoms with Crippen LogP contribution in [-0.2, 0) is 0 Å². The zero-order chi connectivity index (χ0) is 14.4. The van der Waals surface area contributed by atoms with E-state index in [1.807, 2.05) is 12.1 Å². The molecule has 0 fully saturated rings. The molecule has 108 valence electrons. The summed E-state index contributed by atoms with van der Waals surface area (Å²) in [6.07, 6.45) is 2.13. The van der Waals surface area contributed by atoms with Crippen molar-refractivity contribution < 1.29 is 14.6 Å². The highest BCUT2D eigenvalue weighted by Gasteiger charge is 2.20. The van der Waals surface area contributed by atoms with Crippen LogP contribution in [0.5, 0.6) is 11.5 Å². The third-order valence-electron chi connectivity index (χ3n) is 3.12. The molecule has 0 unspecified atom stereocenters. The van der Waals surface area contributed by atoms with E-state index in [1.165, 1.54) is 0 Å². The molecule has 0 radical (unpaired) electrons. The fourth-order valence-corrected chi connectivity index (χ4v) is 2.45. The second kappa shape index (κ2) is 7.72. The Morgan fingerprint density at radius 2 is 1.79 bits per heavy atom. The van der Waals surface area contributed by atoms with Gasteiger partial charge in [0.15, 0.2) is 0 Å². The molecule has 2 atom stereocenters. The molecule has 0 amide bonds. The molecule has 3 N–H and O–H groups in total. The fourth-order valence-electron chi connectivity index (χ4n) is 1.90. The number of hydrogen-bond acceptors (Lipinski definition) is 4.